The molecule has 2 aromatic carbocycles. The van der Waals surface area contributed by atoms with Crippen LogP contribution < -0.4 is 9.47 Å². The number of rotatable bonds is 10. The summed E-state index contributed by atoms with van der Waals surface area (Å²) in [5, 5.41) is 18.9. The fourth-order valence-electron chi connectivity index (χ4n) is 2.49. The van der Waals surface area contributed by atoms with E-state index in [0.717, 1.165) is 18.4 Å². The van der Waals surface area contributed by atoms with Crippen LogP contribution in [0.15, 0.2) is 48.5 Å². The molecule has 0 amide bonds. The van der Waals surface area contributed by atoms with Gasteiger partial charge in [-0.3, -0.25) is 0 Å². The van der Waals surface area contributed by atoms with Gasteiger partial charge in [-0.1, -0.05) is 12.1 Å². The van der Waals surface area contributed by atoms with Gasteiger partial charge in [-0.25, -0.2) is 4.79 Å². The normalized spacial score (nSPS) is 11.9. The summed E-state index contributed by atoms with van der Waals surface area (Å²) in [5.74, 6) is 0.822. The third kappa shape index (κ3) is 10.3. The number of ether oxygens (including phenoxy) is 3. The van der Waals surface area contributed by atoms with Gasteiger partial charge in [-0.05, 0) is 75.6 Å². The second-order valence-electron chi connectivity index (χ2n) is 7.77. The SMILES string of the molecule is CC(C)(C)OC(=O)c1ccc(OCC(O)COc2ccc(CCCO)cc2)cc1.[Ac]. The fraction of sp³-hybridized carbons (Fsp3) is 0.435. The van der Waals surface area contributed by atoms with E-state index in [9.17, 15) is 9.90 Å². The van der Waals surface area contributed by atoms with Crippen molar-refractivity contribution >= 4 is 5.97 Å². The molecule has 30 heavy (non-hydrogen) atoms. The molecule has 0 fully saturated rings. The average molecular weight is 629 g/mol. The molecule has 0 aliphatic carbocycles. The number of carbonyl (C=O) groups excluding carboxylic acids is 1. The molecule has 161 valence electrons. The van der Waals surface area contributed by atoms with Crippen LogP contribution in [0.4, 0.5) is 0 Å². The molecule has 0 heterocycles. The Bertz CT molecular complexity index is 753. The van der Waals surface area contributed by atoms with E-state index in [0.29, 0.717) is 17.1 Å². The maximum atomic E-state index is 12.0. The van der Waals surface area contributed by atoms with Crippen LogP contribution in [0.2, 0.25) is 0 Å². The van der Waals surface area contributed by atoms with Crippen molar-refractivity contribution in [1.29, 1.82) is 0 Å². The number of hydrogen-bond acceptors (Lipinski definition) is 6. The van der Waals surface area contributed by atoms with Crippen LogP contribution in [0, 0.1) is 44.1 Å². The maximum absolute atomic E-state index is 12.0. The van der Waals surface area contributed by atoms with Crippen LogP contribution in [0.5, 0.6) is 11.5 Å². The molecule has 0 aliphatic heterocycles. The monoisotopic (exact) mass is 629 g/mol. The van der Waals surface area contributed by atoms with Crippen molar-refractivity contribution in [2.75, 3.05) is 19.8 Å². The van der Waals surface area contributed by atoms with Crippen molar-refractivity contribution in [2.24, 2.45) is 0 Å². The standard InChI is InChI=1S/C23H30O6.Ac/c1-23(2,3)29-22(26)18-8-12-21(13-9-18)28-16-19(25)15-27-20-10-6-17(7-11-20)5-4-14-24;/h6-13,19,24-25H,4-5,14-16H2,1-3H3;. The van der Waals surface area contributed by atoms with E-state index in [1.54, 1.807) is 24.3 Å². The maximum Gasteiger partial charge on any atom is 0.338 e. The number of benzene rings is 2. The van der Waals surface area contributed by atoms with E-state index < -0.39 is 11.7 Å². The van der Waals surface area contributed by atoms with Gasteiger partial charge in [0.2, 0.25) is 0 Å². The van der Waals surface area contributed by atoms with E-state index in [1.807, 2.05) is 45.0 Å². The van der Waals surface area contributed by atoms with Crippen LogP contribution in [-0.4, -0.2) is 47.7 Å². The molecule has 1 atom stereocenters. The Hall–Kier alpha value is -1.13. The van der Waals surface area contributed by atoms with Crippen molar-refractivity contribution in [1.82, 2.24) is 0 Å². The number of aryl methyl sites for hydroxylation is 1. The molecule has 2 N–H and O–H groups in total. The quantitative estimate of drug-likeness (QED) is 0.393. The first-order valence-electron chi connectivity index (χ1n) is 9.74. The molecule has 2 rings (SSSR count). The molecule has 0 saturated heterocycles. The van der Waals surface area contributed by atoms with Crippen molar-refractivity contribution < 1.29 is 73.3 Å². The van der Waals surface area contributed by atoms with Gasteiger partial charge in [0.1, 0.15) is 36.4 Å². The van der Waals surface area contributed by atoms with Gasteiger partial charge in [0.15, 0.2) is 0 Å². The van der Waals surface area contributed by atoms with Crippen LogP contribution in [0.3, 0.4) is 0 Å². The zero-order chi connectivity index (χ0) is 21.3. The zero-order valence-corrected chi connectivity index (χ0v) is 22.6. The number of hydrogen-bond donors (Lipinski definition) is 2. The first-order valence-corrected chi connectivity index (χ1v) is 9.74. The summed E-state index contributed by atoms with van der Waals surface area (Å²) in [6.45, 7) is 5.80. The Morgan fingerprint density at radius 3 is 1.90 bits per heavy atom. The van der Waals surface area contributed by atoms with Crippen LogP contribution in [-0.2, 0) is 11.2 Å². The number of aliphatic hydroxyl groups excluding tert-OH is 2. The Labute approximate surface area is 214 Å². The predicted octanol–water partition coefficient (Wildman–Crippen LogP) is 3.39. The minimum Gasteiger partial charge on any atom is -0.491 e. The fourth-order valence-corrected chi connectivity index (χ4v) is 2.49. The molecule has 0 aliphatic rings. The minimum absolute atomic E-state index is 0. The van der Waals surface area contributed by atoms with E-state index in [-0.39, 0.29) is 69.9 Å². The van der Waals surface area contributed by atoms with Gasteiger partial charge in [-0.15, -0.1) is 0 Å². The van der Waals surface area contributed by atoms with Gasteiger partial charge in [0.25, 0.3) is 0 Å². The summed E-state index contributed by atoms with van der Waals surface area (Å²) in [6.07, 6.45) is 0.754. The van der Waals surface area contributed by atoms with E-state index in [2.05, 4.69) is 0 Å². The molecule has 1 unspecified atom stereocenters. The third-order valence-electron chi connectivity index (χ3n) is 3.92. The van der Waals surface area contributed by atoms with Crippen LogP contribution in [0.25, 0.3) is 0 Å². The second kappa shape index (κ2) is 13.3. The predicted molar refractivity (Wildman–Crippen MR) is 110 cm³/mol. The van der Waals surface area contributed by atoms with Gasteiger partial charge >= 0.3 is 5.97 Å². The Balaban J connectivity index is 0.00000450. The molecular weight excluding hydrogens is 599 g/mol. The minimum atomic E-state index is -0.797. The average Bonchev–Trinajstić information content (AvgIpc) is 2.69. The molecule has 6 nitrogen and oxygen atoms in total. The molecule has 7 heteroatoms. The van der Waals surface area contributed by atoms with Gasteiger partial charge in [-0.2, -0.15) is 0 Å². The van der Waals surface area contributed by atoms with Crippen LogP contribution >= 0.6 is 0 Å². The second-order valence-corrected chi connectivity index (χ2v) is 7.77. The topological polar surface area (TPSA) is 85.2 Å². The third-order valence-corrected chi connectivity index (χ3v) is 3.92. The Kier molecular flexibility index (Phi) is 11.9. The van der Waals surface area contributed by atoms with E-state index >= 15 is 0 Å². The summed E-state index contributed by atoms with van der Waals surface area (Å²) in [4.78, 5) is 12.0. The van der Waals surface area contributed by atoms with E-state index in [4.69, 9.17) is 19.3 Å². The summed E-state index contributed by atoms with van der Waals surface area (Å²) >= 11 is 0. The summed E-state index contributed by atoms with van der Waals surface area (Å²) in [5.41, 5.74) is 1.03. The van der Waals surface area contributed by atoms with Crippen molar-refractivity contribution in [2.45, 2.75) is 45.3 Å². The van der Waals surface area contributed by atoms with Crippen molar-refractivity contribution in [3.63, 3.8) is 0 Å². The molecule has 0 saturated carbocycles. The largest absolute Gasteiger partial charge is 0.491 e. The Morgan fingerprint density at radius 1 is 0.933 bits per heavy atom. The molecular formula is C23H30AcO6. The van der Waals surface area contributed by atoms with Gasteiger partial charge in [0, 0.05) is 50.7 Å². The molecule has 0 spiro atoms. The first kappa shape index (κ1) is 26.9. The number of carbonyl (C=O) groups is 1. The molecule has 2 aromatic rings. The molecule has 0 bridgehead atoms. The van der Waals surface area contributed by atoms with E-state index in [1.165, 1.54) is 0 Å². The zero-order valence-electron chi connectivity index (χ0n) is 17.8. The first-order chi connectivity index (χ1) is 13.8. The smallest absolute Gasteiger partial charge is 0.338 e. The number of aliphatic hydroxyl groups is 2. The molecule has 1 radical (unpaired) electrons. The summed E-state index contributed by atoms with van der Waals surface area (Å²) in [6, 6.07) is 14.2. The molecule has 0 aromatic heterocycles. The Morgan fingerprint density at radius 2 is 1.43 bits per heavy atom. The summed E-state index contributed by atoms with van der Waals surface area (Å²) in [7, 11) is 0. The van der Waals surface area contributed by atoms with Gasteiger partial charge < -0.3 is 24.4 Å². The summed E-state index contributed by atoms with van der Waals surface area (Å²) < 4.78 is 16.4. The van der Waals surface area contributed by atoms with Crippen LogP contribution in [0.1, 0.15) is 43.1 Å². The number of esters is 1. The van der Waals surface area contributed by atoms with Crippen molar-refractivity contribution in [3.05, 3.63) is 59.7 Å². The van der Waals surface area contributed by atoms with Crippen molar-refractivity contribution in [3.8, 4) is 11.5 Å². The van der Waals surface area contributed by atoms with Gasteiger partial charge in [0.05, 0.1) is 5.56 Å².